The van der Waals surface area contributed by atoms with E-state index in [2.05, 4.69) is 34.6 Å². The van der Waals surface area contributed by atoms with E-state index in [9.17, 15) is 0 Å². The van der Waals surface area contributed by atoms with Gasteiger partial charge in [-0.3, -0.25) is 0 Å². The Bertz CT molecular complexity index is 122. The van der Waals surface area contributed by atoms with Crippen molar-refractivity contribution in [2.75, 3.05) is 0 Å². The molecule has 10 heavy (non-hydrogen) atoms. The smallest absolute Gasteiger partial charge is 0.0320 e. The summed E-state index contributed by atoms with van der Waals surface area (Å²) < 4.78 is 0. The molecule has 0 N–H and O–H groups in total. The molecule has 1 rings (SSSR count). The van der Waals surface area contributed by atoms with Crippen LogP contribution in [0.15, 0.2) is 0 Å². The zero-order valence-electron chi connectivity index (χ0n) is 7.94. The molecule has 0 amide bonds. The molecule has 1 fully saturated rings. The summed E-state index contributed by atoms with van der Waals surface area (Å²) in [6.45, 7) is 11.8. The maximum absolute atomic E-state index is 2.39. The second-order valence-electron chi connectivity index (χ2n) is 4.90. The molecule has 2 atom stereocenters. The second kappa shape index (κ2) is 2.25. The van der Waals surface area contributed by atoms with Crippen LogP contribution in [0, 0.1) is 23.2 Å². The minimum atomic E-state index is 0.670. The molecule has 0 aromatic heterocycles. The van der Waals surface area contributed by atoms with Crippen molar-refractivity contribution in [1.29, 1.82) is 0 Å². The lowest BCUT2D eigenvalue weighted by molar-refractivity contribution is 0.328. The molecule has 2 unspecified atom stereocenters. The molecule has 0 aromatic rings. The van der Waals surface area contributed by atoms with Crippen molar-refractivity contribution in [2.24, 2.45) is 23.2 Å². The fourth-order valence-corrected chi connectivity index (χ4v) is 1.87. The van der Waals surface area contributed by atoms with Crippen molar-refractivity contribution in [3.05, 3.63) is 0 Å². The third-order valence-corrected chi connectivity index (χ3v) is 3.28. The minimum Gasteiger partial charge on any atom is -0.0625 e. The molecule has 0 spiro atoms. The van der Waals surface area contributed by atoms with Gasteiger partial charge in [-0.25, -0.2) is 0 Å². The molecule has 0 heterocycles. The summed E-state index contributed by atoms with van der Waals surface area (Å²) in [4.78, 5) is 0. The standard InChI is InChI=1S/C10H20/c1-7(2)8(3)9-6-10(9,4)5/h7-9H,6H2,1-5H3. The highest BCUT2D eigenvalue weighted by Crippen LogP contribution is 2.57. The summed E-state index contributed by atoms with van der Waals surface area (Å²) in [7, 11) is 0. The Kier molecular flexibility index (Phi) is 1.82. The predicted octanol–water partition coefficient (Wildman–Crippen LogP) is 3.32. The monoisotopic (exact) mass is 140 g/mol. The van der Waals surface area contributed by atoms with E-state index in [0.717, 1.165) is 17.8 Å². The predicted molar refractivity (Wildman–Crippen MR) is 45.9 cm³/mol. The Hall–Kier alpha value is 0. The molecule has 1 saturated carbocycles. The van der Waals surface area contributed by atoms with Crippen molar-refractivity contribution in [3.8, 4) is 0 Å². The van der Waals surface area contributed by atoms with Gasteiger partial charge in [-0.2, -0.15) is 0 Å². The number of hydrogen-bond donors (Lipinski definition) is 0. The van der Waals surface area contributed by atoms with Crippen LogP contribution in [0.1, 0.15) is 41.0 Å². The van der Waals surface area contributed by atoms with Gasteiger partial charge in [-0.15, -0.1) is 0 Å². The SMILES string of the molecule is CC(C)C(C)C1CC1(C)C. The van der Waals surface area contributed by atoms with Crippen molar-refractivity contribution in [3.63, 3.8) is 0 Å². The topological polar surface area (TPSA) is 0 Å². The van der Waals surface area contributed by atoms with E-state index < -0.39 is 0 Å². The Labute approximate surface area is 65.0 Å². The van der Waals surface area contributed by atoms with Crippen LogP contribution in [0.4, 0.5) is 0 Å². The van der Waals surface area contributed by atoms with Crippen molar-refractivity contribution >= 4 is 0 Å². The third kappa shape index (κ3) is 1.36. The zero-order chi connectivity index (χ0) is 7.94. The van der Waals surface area contributed by atoms with Gasteiger partial charge in [-0.1, -0.05) is 34.6 Å². The first kappa shape index (κ1) is 8.10. The summed E-state index contributed by atoms with van der Waals surface area (Å²) in [5, 5.41) is 0. The molecule has 0 heteroatoms. The Balaban J connectivity index is 2.40. The van der Waals surface area contributed by atoms with E-state index in [1.165, 1.54) is 6.42 Å². The molecule has 0 aromatic carbocycles. The highest BCUT2D eigenvalue weighted by atomic mass is 14.5. The summed E-state index contributed by atoms with van der Waals surface area (Å²) in [6, 6.07) is 0. The quantitative estimate of drug-likeness (QED) is 0.552. The molecule has 1 aliphatic rings. The van der Waals surface area contributed by atoms with Crippen molar-refractivity contribution in [2.45, 2.75) is 41.0 Å². The first-order chi connectivity index (χ1) is 4.45. The van der Waals surface area contributed by atoms with Gasteiger partial charge in [-0.05, 0) is 29.6 Å². The third-order valence-electron chi connectivity index (χ3n) is 3.28. The maximum atomic E-state index is 2.39. The highest BCUT2D eigenvalue weighted by molar-refractivity contribution is 4.98. The number of rotatable bonds is 2. The molecule has 0 bridgehead atoms. The van der Waals surface area contributed by atoms with E-state index >= 15 is 0 Å². The summed E-state index contributed by atoms with van der Waals surface area (Å²) in [5.74, 6) is 2.80. The molecule has 0 saturated heterocycles. The maximum Gasteiger partial charge on any atom is -0.0320 e. The van der Waals surface area contributed by atoms with Gasteiger partial charge >= 0.3 is 0 Å². The van der Waals surface area contributed by atoms with Gasteiger partial charge in [0.1, 0.15) is 0 Å². The average molecular weight is 140 g/mol. The van der Waals surface area contributed by atoms with Gasteiger partial charge in [0.15, 0.2) is 0 Å². The van der Waals surface area contributed by atoms with Crippen LogP contribution in [0.5, 0.6) is 0 Å². The molecular formula is C10H20. The van der Waals surface area contributed by atoms with Gasteiger partial charge < -0.3 is 0 Å². The van der Waals surface area contributed by atoms with Crippen LogP contribution in [0.25, 0.3) is 0 Å². The fraction of sp³-hybridized carbons (Fsp3) is 1.00. The van der Waals surface area contributed by atoms with Crippen LogP contribution in [0.2, 0.25) is 0 Å². The Morgan fingerprint density at radius 1 is 1.20 bits per heavy atom. The van der Waals surface area contributed by atoms with Gasteiger partial charge in [0, 0.05) is 0 Å². The summed E-state index contributed by atoms with van der Waals surface area (Å²) >= 11 is 0. The zero-order valence-corrected chi connectivity index (χ0v) is 7.94. The van der Waals surface area contributed by atoms with E-state index in [1.54, 1.807) is 0 Å². The first-order valence-corrected chi connectivity index (χ1v) is 4.45. The van der Waals surface area contributed by atoms with Crippen LogP contribution in [-0.4, -0.2) is 0 Å². The molecule has 0 aliphatic heterocycles. The van der Waals surface area contributed by atoms with E-state index in [-0.39, 0.29) is 0 Å². The Morgan fingerprint density at radius 2 is 1.60 bits per heavy atom. The van der Waals surface area contributed by atoms with E-state index in [0.29, 0.717) is 5.41 Å². The lowest BCUT2D eigenvalue weighted by Crippen LogP contribution is -2.09. The van der Waals surface area contributed by atoms with Gasteiger partial charge in [0.05, 0.1) is 0 Å². The van der Waals surface area contributed by atoms with Crippen LogP contribution < -0.4 is 0 Å². The minimum absolute atomic E-state index is 0.670. The average Bonchev–Trinajstić information content (AvgIpc) is 2.38. The first-order valence-electron chi connectivity index (χ1n) is 4.45. The molecule has 0 radical (unpaired) electrons. The summed E-state index contributed by atoms with van der Waals surface area (Å²) in [5.41, 5.74) is 0.670. The normalized spacial score (nSPS) is 32.4. The second-order valence-corrected chi connectivity index (χ2v) is 4.90. The van der Waals surface area contributed by atoms with Crippen LogP contribution in [0.3, 0.4) is 0 Å². The fourth-order valence-electron chi connectivity index (χ4n) is 1.87. The lowest BCUT2D eigenvalue weighted by Gasteiger charge is -2.16. The molecule has 0 nitrogen and oxygen atoms in total. The van der Waals surface area contributed by atoms with Crippen molar-refractivity contribution < 1.29 is 0 Å². The van der Waals surface area contributed by atoms with Gasteiger partial charge in [0.25, 0.3) is 0 Å². The van der Waals surface area contributed by atoms with E-state index in [4.69, 9.17) is 0 Å². The Morgan fingerprint density at radius 3 is 1.70 bits per heavy atom. The summed E-state index contributed by atoms with van der Waals surface area (Å²) in [6.07, 6.45) is 1.45. The van der Waals surface area contributed by atoms with Crippen LogP contribution >= 0.6 is 0 Å². The molecular weight excluding hydrogens is 120 g/mol. The lowest BCUT2D eigenvalue weighted by atomic mass is 9.89. The van der Waals surface area contributed by atoms with Crippen LogP contribution in [-0.2, 0) is 0 Å². The van der Waals surface area contributed by atoms with E-state index in [1.807, 2.05) is 0 Å². The largest absolute Gasteiger partial charge is 0.0625 e. The molecule has 60 valence electrons. The van der Waals surface area contributed by atoms with Gasteiger partial charge in [0.2, 0.25) is 0 Å². The van der Waals surface area contributed by atoms with Crippen molar-refractivity contribution in [1.82, 2.24) is 0 Å². The molecule has 1 aliphatic carbocycles. The highest BCUT2D eigenvalue weighted by Gasteiger charge is 2.48. The number of hydrogen-bond acceptors (Lipinski definition) is 0.